The van der Waals surface area contributed by atoms with Crippen molar-refractivity contribution in [2.75, 3.05) is 26.2 Å². The third-order valence-electron chi connectivity index (χ3n) is 5.52. The van der Waals surface area contributed by atoms with E-state index in [1.54, 1.807) is 18.2 Å². The minimum absolute atomic E-state index is 0.0880. The predicted molar refractivity (Wildman–Crippen MR) is 120 cm³/mol. The Kier molecular flexibility index (Phi) is 6.75. The highest BCUT2D eigenvalue weighted by Gasteiger charge is 2.32. The highest BCUT2D eigenvalue weighted by atomic mass is 32.2. The molecule has 2 heterocycles. The Morgan fingerprint density at radius 2 is 1.65 bits per heavy atom. The lowest BCUT2D eigenvalue weighted by Crippen LogP contribution is -2.52. The molecule has 2 aromatic carbocycles. The van der Waals surface area contributed by atoms with E-state index < -0.39 is 33.8 Å². The molecule has 4 rings (SSSR count). The predicted octanol–water partition coefficient (Wildman–Crippen LogP) is 2.09. The molecular weight excluding hydrogens is 463 g/mol. The van der Waals surface area contributed by atoms with Crippen LogP contribution in [0, 0.1) is 5.82 Å². The number of benzene rings is 2. The first kappa shape index (κ1) is 23.6. The van der Waals surface area contributed by atoms with E-state index >= 15 is 0 Å². The SMILES string of the molecule is CC(OC(=O)c1cncn1-c1ccc(F)cc1)C(=O)N1CCN(S(=O)(=O)c2ccccc2)CC1. The molecular formula is C23H23FN4O5S. The van der Waals surface area contributed by atoms with Crippen LogP contribution in [-0.4, -0.2) is 71.3 Å². The first-order chi connectivity index (χ1) is 16.3. The van der Waals surface area contributed by atoms with Crippen LogP contribution in [0.2, 0.25) is 0 Å². The molecule has 34 heavy (non-hydrogen) atoms. The van der Waals surface area contributed by atoms with E-state index in [-0.39, 0.29) is 36.8 Å². The molecule has 9 nitrogen and oxygen atoms in total. The Bertz CT molecular complexity index is 1270. The average Bonchev–Trinajstić information content (AvgIpc) is 3.35. The number of ether oxygens (including phenoxy) is 1. The van der Waals surface area contributed by atoms with Crippen LogP contribution in [0.5, 0.6) is 0 Å². The Morgan fingerprint density at radius 3 is 2.29 bits per heavy atom. The van der Waals surface area contributed by atoms with Gasteiger partial charge in [0.25, 0.3) is 5.91 Å². The second-order valence-electron chi connectivity index (χ2n) is 7.72. The van der Waals surface area contributed by atoms with Gasteiger partial charge in [0.05, 0.1) is 17.4 Å². The molecule has 0 N–H and O–H groups in total. The van der Waals surface area contributed by atoms with E-state index in [9.17, 15) is 22.4 Å². The van der Waals surface area contributed by atoms with Crippen LogP contribution in [0.4, 0.5) is 4.39 Å². The Balaban J connectivity index is 1.37. The van der Waals surface area contributed by atoms with Gasteiger partial charge in [-0.05, 0) is 43.3 Å². The van der Waals surface area contributed by atoms with E-state index in [4.69, 9.17) is 4.74 Å². The molecule has 1 aromatic heterocycles. The second-order valence-corrected chi connectivity index (χ2v) is 9.65. The molecule has 0 saturated carbocycles. The molecule has 1 aliphatic rings. The largest absolute Gasteiger partial charge is 0.448 e. The number of hydrogen-bond donors (Lipinski definition) is 0. The summed E-state index contributed by atoms with van der Waals surface area (Å²) in [5.41, 5.74) is 0.602. The fraction of sp³-hybridized carbons (Fsp3) is 0.261. The molecule has 1 saturated heterocycles. The molecule has 1 atom stereocenters. The summed E-state index contributed by atoms with van der Waals surface area (Å²) in [6.45, 7) is 2.11. The Morgan fingerprint density at radius 1 is 1.00 bits per heavy atom. The zero-order valence-corrected chi connectivity index (χ0v) is 19.2. The van der Waals surface area contributed by atoms with Crippen LogP contribution in [0.25, 0.3) is 5.69 Å². The van der Waals surface area contributed by atoms with E-state index in [0.717, 1.165) is 0 Å². The molecule has 1 fully saturated rings. The number of nitrogens with zero attached hydrogens (tertiary/aromatic N) is 4. The van der Waals surface area contributed by atoms with E-state index in [0.29, 0.717) is 5.69 Å². The molecule has 0 radical (unpaired) electrons. The van der Waals surface area contributed by atoms with Crippen molar-refractivity contribution in [2.45, 2.75) is 17.9 Å². The molecule has 1 aliphatic heterocycles. The molecule has 0 bridgehead atoms. The molecule has 11 heteroatoms. The number of carbonyl (C=O) groups is 2. The summed E-state index contributed by atoms with van der Waals surface area (Å²) in [7, 11) is -3.64. The third-order valence-corrected chi connectivity index (χ3v) is 7.43. The second kappa shape index (κ2) is 9.74. The van der Waals surface area contributed by atoms with Gasteiger partial charge in [-0.2, -0.15) is 4.31 Å². The van der Waals surface area contributed by atoms with E-state index in [1.807, 2.05) is 0 Å². The lowest BCUT2D eigenvalue weighted by atomic mass is 10.3. The minimum atomic E-state index is -3.64. The maximum absolute atomic E-state index is 13.2. The number of piperazine rings is 1. The summed E-state index contributed by atoms with van der Waals surface area (Å²) in [6, 6.07) is 13.6. The van der Waals surface area contributed by atoms with Gasteiger partial charge in [-0.25, -0.2) is 22.6 Å². The average molecular weight is 487 g/mol. The summed E-state index contributed by atoms with van der Waals surface area (Å²) >= 11 is 0. The monoisotopic (exact) mass is 486 g/mol. The normalized spacial score (nSPS) is 15.6. The number of sulfonamides is 1. The lowest BCUT2D eigenvalue weighted by molar-refractivity contribution is -0.141. The number of aromatic nitrogens is 2. The first-order valence-corrected chi connectivity index (χ1v) is 12.0. The number of imidazole rings is 1. The number of hydrogen-bond acceptors (Lipinski definition) is 6. The number of carbonyl (C=O) groups excluding carboxylic acids is 2. The Labute approximate surface area is 196 Å². The molecule has 0 spiro atoms. The highest BCUT2D eigenvalue weighted by Crippen LogP contribution is 2.18. The van der Waals surface area contributed by atoms with Crippen LogP contribution in [0.15, 0.2) is 72.0 Å². The van der Waals surface area contributed by atoms with Crippen molar-refractivity contribution in [3.05, 3.63) is 78.6 Å². The zero-order chi connectivity index (χ0) is 24.3. The zero-order valence-electron chi connectivity index (χ0n) is 18.4. The van der Waals surface area contributed by atoms with Gasteiger partial charge in [0.15, 0.2) is 11.8 Å². The van der Waals surface area contributed by atoms with Gasteiger partial charge in [0.1, 0.15) is 5.82 Å². The summed E-state index contributed by atoms with van der Waals surface area (Å²) in [4.78, 5) is 31.2. The summed E-state index contributed by atoms with van der Waals surface area (Å²) < 4.78 is 46.9. The maximum Gasteiger partial charge on any atom is 0.357 e. The van der Waals surface area contributed by atoms with E-state index in [1.165, 1.54) is 69.6 Å². The van der Waals surface area contributed by atoms with Crippen molar-refractivity contribution in [3.8, 4) is 5.69 Å². The quantitative estimate of drug-likeness (QED) is 0.495. The first-order valence-electron chi connectivity index (χ1n) is 10.6. The van der Waals surface area contributed by atoms with Gasteiger partial charge in [-0.1, -0.05) is 18.2 Å². The summed E-state index contributed by atoms with van der Waals surface area (Å²) in [5, 5.41) is 0. The molecule has 3 aromatic rings. The fourth-order valence-corrected chi connectivity index (χ4v) is 5.12. The van der Waals surface area contributed by atoms with Crippen LogP contribution >= 0.6 is 0 Å². The fourth-order valence-electron chi connectivity index (χ4n) is 3.67. The number of esters is 1. The third kappa shape index (κ3) is 4.85. The van der Waals surface area contributed by atoms with Crippen LogP contribution in [-0.2, 0) is 19.6 Å². The summed E-state index contributed by atoms with van der Waals surface area (Å²) in [5.74, 6) is -1.59. The Hall–Kier alpha value is -3.57. The summed E-state index contributed by atoms with van der Waals surface area (Å²) in [6.07, 6.45) is 1.61. The van der Waals surface area contributed by atoms with Crippen molar-refractivity contribution < 1.29 is 27.1 Å². The highest BCUT2D eigenvalue weighted by molar-refractivity contribution is 7.89. The van der Waals surface area contributed by atoms with Crippen molar-refractivity contribution >= 4 is 21.9 Å². The van der Waals surface area contributed by atoms with Gasteiger partial charge in [-0.3, -0.25) is 9.36 Å². The van der Waals surface area contributed by atoms with Crippen molar-refractivity contribution in [3.63, 3.8) is 0 Å². The van der Waals surface area contributed by atoms with Crippen LogP contribution in [0.3, 0.4) is 0 Å². The van der Waals surface area contributed by atoms with E-state index in [2.05, 4.69) is 4.98 Å². The van der Waals surface area contributed by atoms with Crippen molar-refractivity contribution in [1.82, 2.24) is 18.8 Å². The van der Waals surface area contributed by atoms with Gasteiger partial charge < -0.3 is 9.64 Å². The van der Waals surface area contributed by atoms with Crippen LogP contribution < -0.4 is 0 Å². The van der Waals surface area contributed by atoms with Crippen molar-refractivity contribution in [2.24, 2.45) is 0 Å². The topological polar surface area (TPSA) is 102 Å². The van der Waals surface area contributed by atoms with Crippen LogP contribution in [0.1, 0.15) is 17.4 Å². The molecule has 1 amide bonds. The smallest absolute Gasteiger partial charge is 0.357 e. The van der Waals surface area contributed by atoms with Gasteiger partial charge in [0, 0.05) is 31.9 Å². The number of halogens is 1. The number of rotatable bonds is 6. The molecule has 1 unspecified atom stereocenters. The maximum atomic E-state index is 13.2. The molecule has 178 valence electrons. The minimum Gasteiger partial charge on any atom is -0.448 e. The number of amides is 1. The van der Waals surface area contributed by atoms with Gasteiger partial charge >= 0.3 is 5.97 Å². The van der Waals surface area contributed by atoms with Gasteiger partial charge in [0.2, 0.25) is 10.0 Å². The van der Waals surface area contributed by atoms with Crippen molar-refractivity contribution in [1.29, 1.82) is 0 Å². The standard InChI is InChI=1S/C23H23FN4O5S/c1-17(33-23(30)21-15-25-16-28(21)19-9-7-18(24)8-10-19)22(29)26-11-13-27(14-12-26)34(31,32)20-5-3-2-4-6-20/h2-10,15-17H,11-14H2,1H3. The molecule has 0 aliphatic carbocycles. The lowest BCUT2D eigenvalue weighted by Gasteiger charge is -2.35. The van der Waals surface area contributed by atoms with Gasteiger partial charge in [-0.15, -0.1) is 0 Å².